The van der Waals surface area contributed by atoms with Crippen molar-refractivity contribution in [1.82, 2.24) is 0 Å². The second-order valence-corrected chi connectivity index (χ2v) is 9.52. The molecular weight excluding hydrogens is 362 g/mol. The number of carbonyl (C=O) groups is 1. The topological polar surface area (TPSA) is 89.9 Å². The van der Waals surface area contributed by atoms with Gasteiger partial charge in [0.25, 0.3) is 10.0 Å². The molecule has 2 aromatic rings. The van der Waals surface area contributed by atoms with Crippen LogP contribution in [0.5, 0.6) is 0 Å². The van der Waals surface area contributed by atoms with Gasteiger partial charge in [-0.15, -0.1) is 3.77 Å². The Labute approximate surface area is 148 Å². The second kappa shape index (κ2) is 7.79. The Morgan fingerprint density at radius 3 is 2.12 bits per heavy atom. The van der Waals surface area contributed by atoms with E-state index in [1.807, 2.05) is 6.92 Å². The third-order valence-electron chi connectivity index (χ3n) is 3.46. The fourth-order valence-corrected chi connectivity index (χ4v) is 6.06. The smallest absolute Gasteiger partial charge is 0.306 e. The molecule has 6 nitrogen and oxygen atoms in total. The highest BCUT2D eigenvalue weighted by Crippen LogP contribution is 2.21. The molecule has 0 spiro atoms. The molecule has 0 amide bonds. The quantitative estimate of drug-likeness (QED) is 0.718. The maximum atomic E-state index is 13.3. The molecule has 2 aromatic carbocycles. The van der Waals surface area contributed by atoms with Gasteiger partial charge in [0, 0.05) is 10.6 Å². The summed E-state index contributed by atoms with van der Waals surface area (Å²) in [7, 11) is -6.28. The van der Waals surface area contributed by atoms with Gasteiger partial charge in [-0.25, -0.2) is 4.21 Å². The molecule has 0 bridgehead atoms. The van der Waals surface area contributed by atoms with E-state index in [1.54, 1.807) is 30.3 Å². The fraction of sp³-hybridized carbons (Fsp3) is 0.235. The molecule has 0 aliphatic heterocycles. The third kappa shape index (κ3) is 4.90. The average molecular weight is 381 g/mol. The molecule has 0 aliphatic rings. The number of rotatable bonds is 6. The third-order valence-corrected chi connectivity index (χ3v) is 7.84. The van der Waals surface area contributed by atoms with Crippen LogP contribution in [0.3, 0.4) is 0 Å². The Hall–Kier alpha value is -2.19. The van der Waals surface area contributed by atoms with Crippen LogP contribution in [0, 0.1) is 6.92 Å². The van der Waals surface area contributed by atoms with Gasteiger partial charge in [-0.1, -0.05) is 35.9 Å². The van der Waals surface area contributed by atoms with Crippen LogP contribution in [0.15, 0.2) is 68.2 Å². The van der Waals surface area contributed by atoms with Crippen molar-refractivity contribution in [1.29, 1.82) is 0 Å². The van der Waals surface area contributed by atoms with Crippen LogP contribution >= 0.6 is 0 Å². The van der Waals surface area contributed by atoms with E-state index in [1.165, 1.54) is 31.4 Å². The van der Waals surface area contributed by atoms with Gasteiger partial charge in [-0.3, -0.25) is 4.79 Å². The standard InChI is InChI=1S/C17H19NO5S2/c1-14-8-10-16(11-9-14)25(21,22)18-24(20,13-12-17(19)23-2)15-6-4-3-5-7-15/h3-11H,12-13H2,1-2H3. The number of carbonyl (C=O) groups excluding carboxylic acids is 1. The molecule has 0 fully saturated rings. The van der Waals surface area contributed by atoms with Crippen molar-refractivity contribution in [2.24, 2.45) is 3.77 Å². The molecule has 8 heteroatoms. The lowest BCUT2D eigenvalue weighted by Gasteiger charge is -2.10. The van der Waals surface area contributed by atoms with Crippen molar-refractivity contribution >= 4 is 25.7 Å². The van der Waals surface area contributed by atoms with Crippen LogP contribution in [0.25, 0.3) is 0 Å². The zero-order chi connectivity index (χ0) is 18.5. The van der Waals surface area contributed by atoms with Crippen LogP contribution in [0.1, 0.15) is 12.0 Å². The predicted octanol–water partition coefficient (Wildman–Crippen LogP) is 2.77. The maximum absolute atomic E-state index is 13.3. The Balaban J connectivity index is 2.54. The summed E-state index contributed by atoms with van der Waals surface area (Å²) in [5, 5.41) is 0. The number of aryl methyl sites for hydroxylation is 1. The first-order chi connectivity index (χ1) is 11.8. The minimum atomic E-state index is -4.14. The van der Waals surface area contributed by atoms with E-state index in [4.69, 9.17) is 0 Å². The summed E-state index contributed by atoms with van der Waals surface area (Å²) in [5.74, 6) is -0.819. The van der Waals surface area contributed by atoms with E-state index in [0.29, 0.717) is 0 Å². The summed E-state index contributed by atoms with van der Waals surface area (Å²) in [5.41, 5.74) is 0.897. The van der Waals surface area contributed by atoms with Crippen LogP contribution in [0.4, 0.5) is 0 Å². The summed E-state index contributed by atoms with van der Waals surface area (Å²) in [4.78, 5) is 11.6. The van der Waals surface area contributed by atoms with E-state index < -0.39 is 25.7 Å². The summed E-state index contributed by atoms with van der Waals surface area (Å²) < 4.78 is 46.7. The molecule has 0 radical (unpaired) electrons. The van der Waals surface area contributed by atoms with Crippen molar-refractivity contribution in [3.8, 4) is 0 Å². The van der Waals surface area contributed by atoms with Gasteiger partial charge in [0.05, 0.1) is 28.2 Å². The maximum Gasteiger partial charge on any atom is 0.306 e. The first-order valence-electron chi connectivity index (χ1n) is 7.46. The van der Waals surface area contributed by atoms with Gasteiger partial charge in [0.2, 0.25) is 0 Å². The highest BCUT2D eigenvalue weighted by atomic mass is 32.3. The van der Waals surface area contributed by atoms with E-state index in [9.17, 15) is 17.4 Å². The van der Waals surface area contributed by atoms with Crippen LogP contribution in [0.2, 0.25) is 0 Å². The molecule has 0 aromatic heterocycles. The van der Waals surface area contributed by atoms with Crippen molar-refractivity contribution in [2.45, 2.75) is 23.1 Å². The van der Waals surface area contributed by atoms with Crippen LogP contribution in [-0.4, -0.2) is 31.5 Å². The first-order valence-corrected chi connectivity index (χ1v) is 10.6. The summed E-state index contributed by atoms with van der Waals surface area (Å²) >= 11 is 0. The van der Waals surface area contributed by atoms with Crippen molar-refractivity contribution in [2.75, 3.05) is 12.9 Å². The number of methoxy groups -OCH3 is 1. The van der Waals surface area contributed by atoms with Crippen molar-refractivity contribution in [3.63, 3.8) is 0 Å². The van der Waals surface area contributed by atoms with E-state index in [-0.39, 0.29) is 22.0 Å². The molecule has 25 heavy (non-hydrogen) atoms. The molecule has 0 aliphatic carbocycles. The molecule has 0 saturated heterocycles. The number of sulfonamides is 1. The fourth-order valence-electron chi connectivity index (χ4n) is 2.07. The second-order valence-electron chi connectivity index (χ2n) is 5.35. The summed E-state index contributed by atoms with van der Waals surface area (Å²) in [6.07, 6.45) is -0.197. The molecule has 0 N–H and O–H groups in total. The number of nitrogens with zero attached hydrogens (tertiary/aromatic N) is 1. The van der Waals surface area contributed by atoms with Crippen LogP contribution in [-0.2, 0) is 29.3 Å². The molecule has 1 unspecified atom stereocenters. The Morgan fingerprint density at radius 1 is 0.960 bits per heavy atom. The number of esters is 1. The van der Waals surface area contributed by atoms with Gasteiger partial charge < -0.3 is 4.74 Å². The SMILES string of the molecule is COC(=O)CCS(=O)(=NS(=O)(=O)c1ccc(C)cc1)c1ccccc1. The molecule has 1 atom stereocenters. The Morgan fingerprint density at radius 2 is 1.56 bits per heavy atom. The van der Waals surface area contributed by atoms with E-state index >= 15 is 0 Å². The molecule has 134 valence electrons. The zero-order valence-electron chi connectivity index (χ0n) is 13.9. The van der Waals surface area contributed by atoms with Crippen LogP contribution < -0.4 is 0 Å². The molecule has 0 saturated carbocycles. The lowest BCUT2D eigenvalue weighted by atomic mass is 10.2. The molecular formula is C17H19NO5S2. The minimum Gasteiger partial charge on any atom is -0.469 e. The monoisotopic (exact) mass is 381 g/mol. The first kappa shape index (κ1) is 19.1. The van der Waals surface area contributed by atoms with Gasteiger partial charge in [0.1, 0.15) is 0 Å². The Kier molecular flexibility index (Phi) is 5.97. The minimum absolute atomic E-state index is 0.0418. The lowest BCUT2D eigenvalue weighted by Crippen LogP contribution is -2.14. The Bertz CT molecular complexity index is 958. The lowest BCUT2D eigenvalue weighted by molar-refractivity contribution is -0.140. The number of ether oxygens (including phenoxy) is 1. The summed E-state index contributed by atoms with van der Waals surface area (Å²) in [6, 6.07) is 14.2. The normalized spacial score (nSPS) is 13.7. The predicted molar refractivity (Wildman–Crippen MR) is 95.1 cm³/mol. The zero-order valence-corrected chi connectivity index (χ0v) is 15.5. The molecule has 0 heterocycles. The van der Waals surface area contributed by atoms with Gasteiger partial charge in [-0.2, -0.15) is 8.42 Å². The largest absolute Gasteiger partial charge is 0.469 e. The van der Waals surface area contributed by atoms with Gasteiger partial charge in [-0.05, 0) is 31.2 Å². The number of hydrogen-bond acceptors (Lipinski definition) is 5. The van der Waals surface area contributed by atoms with Crippen molar-refractivity contribution < 1.29 is 22.2 Å². The molecule has 2 rings (SSSR count). The highest BCUT2D eigenvalue weighted by molar-refractivity contribution is 8.03. The number of benzene rings is 2. The highest BCUT2D eigenvalue weighted by Gasteiger charge is 2.22. The number of hydrogen-bond donors (Lipinski definition) is 0. The average Bonchev–Trinajstić information content (AvgIpc) is 2.60. The summed E-state index contributed by atoms with van der Waals surface area (Å²) in [6.45, 7) is 1.83. The van der Waals surface area contributed by atoms with Crippen molar-refractivity contribution in [3.05, 3.63) is 60.2 Å². The van der Waals surface area contributed by atoms with E-state index in [2.05, 4.69) is 8.50 Å². The van der Waals surface area contributed by atoms with Gasteiger partial charge in [0.15, 0.2) is 0 Å². The van der Waals surface area contributed by atoms with E-state index in [0.717, 1.165) is 5.56 Å². The van der Waals surface area contributed by atoms with Gasteiger partial charge >= 0.3 is 5.97 Å².